The van der Waals surface area contributed by atoms with Crippen LogP contribution in [0.25, 0.3) is 0 Å². The van der Waals surface area contributed by atoms with Crippen LogP contribution in [0.3, 0.4) is 0 Å². The molecule has 9 nitrogen and oxygen atoms in total. The van der Waals surface area contributed by atoms with Gasteiger partial charge in [-0.25, -0.2) is 9.20 Å². The third kappa shape index (κ3) is 2.05. The van der Waals surface area contributed by atoms with E-state index in [4.69, 9.17) is 0 Å². The van der Waals surface area contributed by atoms with Gasteiger partial charge in [-0.2, -0.15) is 5.21 Å². The van der Waals surface area contributed by atoms with Crippen molar-refractivity contribution < 1.29 is 9.00 Å². The molecule has 0 radical (unpaired) electrons. The van der Waals surface area contributed by atoms with Crippen LogP contribution in [0.5, 0.6) is 0 Å². The number of carbonyl (C=O) groups is 1. The van der Waals surface area contributed by atoms with Crippen LogP contribution in [0, 0.1) is 0 Å². The van der Waals surface area contributed by atoms with E-state index in [2.05, 4.69) is 30.9 Å². The number of nitrogens with one attached hydrogen (secondary N) is 2. The summed E-state index contributed by atoms with van der Waals surface area (Å²) >= 11 is 0. The number of H-pyrrole nitrogens is 1. The van der Waals surface area contributed by atoms with Gasteiger partial charge in [0.15, 0.2) is 0 Å². The first-order chi connectivity index (χ1) is 9.15. The van der Waals surface area contributed by atoms with E-state index >= 15 is 0 Å². The molecule has 0 fully saturated rings. The van der Waals surface area contributed by atoms with Crippen molar-refractivity contribution in [1.82, 2.24) is 25.5 Å². The van der Waals surface area contributed by atoms with E-state index in [9.17, 15) is 9.00 Å². The lowest BCUT2D eigenvalue weighted by molar-refractivity contribution is -0.112. The number of rotatable bonds is 2. The number of aromatic amines is 1. The molecule has 19 heavy (non-hydrogen) atoms. The van der Waals surface area contributed by atoms with Gasteiger partial charge in [-0.3, -0.25) is 10.1 Å². The molecule has 1 aromatic heterocycles. The van der Waals surface area contributed by atoms with E-state index in [1.165, 1.54) is 6.20 Å². The molecule has 98 valence electrons. The second-order valence-electron chi connectivity index (χ2n) is 3.97. The Labute approximate surface area is 109 Å². The third-order valence-electron chi connectivity index (χ3n) is 2.49. The van der Waals surface area contributed by atoms with Crippen molar-refractivity contribution in [1.29, 1.82) is 0 Å². The summed E-state index contributed by atoms with van der Waals surface area (Å²) in [4.78, 5) is 17.8. The summed E-state index contributed by atoms with van der Waals surface area (Å²) in [6.07, 6.45) is 3.18. The van der Waals surface area contributed by atoms with Gasteiger partial charge in [-0.05, 0) is 17.7 Å². The van der Waals surface area contributed by atoms with Crippen molar-refractivity contribution in [2.24, 2.45) is 4.99 Å². The van der Waals surface area contributed by atoms with E-state index in [0.717, 1.165) is 5.57 Å². The van der Waals surface area contributed by atoms with Gasteiger partial charge in [0.05, 0.1) is 0 Å². The van der Waals surface area contributed by atoms with E-state index in [-0.39, 0.29) is 10.9 Å². The number of anilines is 1. The first-order valence-corrected chi connectivity index (χ1v) is 6.48. The Bertz CT molecular complexity index is 646. The standard InChI is InChI=1S/C9H9N7O2S/c1-5-2-10-9-16(3-5)4-6(19(9)18)7(17)11-8-12-14-15-13-8/h2,4H,3H2,1H3,(H2,11,12,13,14,15,17). The Morgan fingerprint density at radius 3 is 3.16 bits per heavy atom. The minimum atomic E-state index is -1.59. The number of nitrogens with zero attached hydrogens (tertiary/aromatic N) is 5. The van der Waals surface area contributed by atoms with Gasteiger partial charge >= 0.3 is 0 Å². The summed E-state index contributed by atoms with van der Waals surface area (Å²) in [6.45, 7) is 2.48. The second-order valence-corrected chi connectivity index (χ2v) is 5.31. The molecule has 2 aliphatic rings. The molecular formula is C9H9N7O2S. The van der Waals surface area contributed by atoms with Gasteiger partial charge in [0, 0.05) is 18.9 Å². The van der Waals surface area contributed by atoms with Crippen molar-refractivity contribution >= 4 is 27.8 Å². The molecule has 0 bridgehead atoms. The molecule has 0 aromatic carbocycles. The Morgan fingerprint density at radius 2 is 2.42 bits per heavy atom. The molecule has 3 rings (SSSR count). The molecule has 0 saturated carbocycles. The van der Waals surface area contributed by atoms with Crippen molar-refractivity contribution in [3.8, 4) is 0 Å². The SMILES string of the molecule is CC1=CN=C2N(C=C(C(=O)Nc3nn[nH]n3)S2=O)C1. The summed E-state index contributed by atoms with van der Waals surface area (Å²) in [5.41, 5.74) is 1.02. The zero-order valence-corrected chi connectivity index (χ0v) is 10.6. The number of fused-ring (bicyclic) bond motifs is 1. The fourth-order valence-corrected chi connectivity index (χ4v) is 2.80. The number of tetrazole rings is 1. The summed E-state index contributed by atoms with van der Waals surface area (Å²) in [5.74, 6) is -0.501. The summed E-state index contributed by atoms with van der Waals surface area (Å²) in [7, 11) is -1.59. The lowest BCUT2D eigenvalue weighted by Gasteiger charge is -2.18. The monoisotopic (exact) mass is 279 g/mol. The van der Waals surface area contributed by atoms with Crippen molar-refractivity contribution in [3.05, 3.63) is 22.9 Å². The molecule has 1 aromatic rings. The molecule has 2 N–H and O–H groups in total. The van der Waals surface area contributed by atoms with Gasteiger partial charge < -0.3 is 4.90 Å². The number of aromatic nitrogens is 4. The predicted molar refractivity (Wildman–Crippen MR) is 66.9 cm³/mol. The normalized spacial score (nSPS) is 21.4. The highest BCUT2D eigenvalue weighted by Gasteiger charge is 2.34. The van der Waals surface area contributed by atoms with E-state index in [1.54, 1.807) is 11.1 Å². The van der Waals surface area contributed by atoms with Gasteiger partial charge in [0.25, 0.3) is 11.9 Å². The predicted octanol–water partition coefficient (Wildman–Crippen LogP) is -0.683. The van der Waals surface area contributed by atoms with E-state index in [0.29, 0.717) is 11.7 Å². The summed E-state index contributed by atoms with van der Waals surface area (Å²) in [6, 6.07) is 0. The highest BCUT2D eigenvalue weighted by molar-refractivity contribution is 8.05. The molecule has 0 saturated heterocycles. The maximum Gasteiger partial charge on any atom is 0.270 e. The number of hydrogen-bond donors (Lipinski definition) is 2. The molecule has 0 aliphatic carbocycles. The molecule has 2 aliphatic heterocycles. The van der Waals surface area contributed by atoms with Crippen LogP contribution < -0.4 is 5.32 Å². The van der Waals surface area contributed by atoms with Crippen molar-refractivity contribution in [2.45, 2.75) is 6.92 Å². The third-order valence-corrected chi connectivity index (χ3v) is 3.86. The number of amidine groups is 1. The minimum absolute atomic E-state index is 0.0315. The Kier molecular flexibility index (Phi) is 2.71. The molecule has 0 spiro atoms. The number of amides is 1. The van der Waals surface area contributed by atoms with Crippen LogP contribution in [0.4, 0.5) is 5.95 Å². The van der Waals surface area contributed by atoms with Gasteiger partial charge in [0.2, 0.25) is 5.17 Å². The minimum Gasteiger partial charge on any atom is -0.320 e. The lowest BCUT2D eigenvalue weighted by atomic mass is 10.3. The van der Waals surface area contributed by atoms with Crippen LogP contribution in [-0.4, -0.2) is 47.4 Å². The fourth-order valence-electron chi connectivity index (χ4n) is 1.68. The largest absolute Gasteiger partial charge is 0.320 e. The highest BCUT2D eigenvalue weighted by atomic mass is 32.2. The van der Waals surface area contributed by atoms with Gasteiger partial charge in [0.1, 0.15) is 15.7 Å². The zero-order valence-electron chi connectivity index (χ0n) is 9.82. The molecule has 3 heterocycles. The summed E-state index contributed by atoms with van der Waals surface area (Å²) < 4.78 is 12.1. The average Bonchev–Trinajstić information content (AvgIpc) is 2.97. The van der Waals surface area contributed by atoms with Gasteiger partial charge in [-0.15, -0.1) is 5.10 Å². The second kappa shape index (κ2) is 4.39. The molecule has 1 amide bonds. The smallest absolute Gasteiger partial charge is 0.270 e. The van der Waals surface area contributed by atoms with E-state index < -0.39 is 16.7 Å². The molecule has 1 unspecified atom stereocenters. The Hall–Kier alpha value is -2.36. The van der Waals surface area contributed by atoms with Crippen LogP contribution in [0.2, 0.25) is 0 Å². The number of hydrogen-bond acceptors (Lipinski definition) is 7. The Morgan fingerprint density at radius 1 is 1.58 bits per heavy atom. The maximum absolute atomic E-state index is 12.1. The molecular weight excluding hydrogens is 270 g/mol. The van der Waals surface area contributed by atoms with E-state index in [1.807, 2.05) is 6.92 Å². The molecule has 1 atom stereocenters. The van der Waals surface area contributed by atoms with Crippen LogP contribution in [0.1, 0.15) is 6.92 Å². The van der Waals surface area contributed by atoms with Crippen molar-refractivity contribution in [2.75, 3.05) is 11.9 Å². The first kappa shape index (κ1) is 11.7. The topological polar surface area (TPSA) is 116 Å². The maximum atomic E-state index is 12.1. The number of aliphatic imine (C=N–C) groups is 1. The number of carbonyl (C=O) groups excluding carboxylic acids is 1. The first-order valence-electron chi connectivity index (χ1n) is 5.33. The van der Waals surface area contributed by atoms with Crippen molar-refractivity contribution in [3.63, 3.8) is 0 Å². The van der Waals surface area contributed by atoms with Crippen LogP contribution in [-0.2, 0) is 15.6 Å². The quantitative estimate of drug-likeness (QED) is 0.740. The highest BCUT2D eigenvalue weighted by Crippen LogP contribution is 2.23. The van der Waals surface area contributed by atoms with Gasteiger partial charge in [-0.1, -0.05) is 5.10 Å². The average molecular weight is 279 g/mol. The van der Waals surface area contributed by atoms with Crippen LogP contribution >= 0.6 is 0 Å². The zero-order chi connectivity index (χ0) is 13.4. The lowest BCUT2D eigenvalue weighted by Crippen LogP contribution is -2.28. The summed E-state index contributed by atoms with van der Waals surface area (Å²) in [5, 5.41) is 15.5. The van der Waals surface area contributed by atoms with Crippen LogP contribution in [0.15, 0.2) is 27.9 Å². The fraction of sp³-hybridized carbons (Fsp3) is 0.222. The Balaban J connectivity index is 1.82. The molecule has 10 heteroatoms.